The second-order valence-electron chi connectivity index (χ2n) is 4.67. The highest BCUT2D eigenvalue weighted by Gasteiger charge is 2.32. The predicted molar refractivity (Wildman–Crippen MR) is 74.8 cm³/mol. The molecule has 1 heterocycles. The average Bonchev–Trinajstić information content (AvgIpc) is 2.96. The maximum absolute atomic E-state index is 11.9. The number of ether oxygens (including phenoxy) is 1. The van der Waals surface area contributed by atoms with Gasteiger partial charge in [0.05, 0.1) is 11.5 Å². The van der Waals surface area contributed by atoms with Crippen molar-refractivity contribution in [3.63, 3.8) is 0 Å². The normalized spacial score (nSPS) is 17.3. The van der Waals surface area contributed by atoms with Gasteiger partial charge in [0.15, 0.2) is 0 Å². The summed E-state index contributed by atoms with van der Waals surface area (Å²) in [6, 6.07) is 5.75. The zero-order chi connectivity index (χ0) is 15.4. The summed E-state index contributed by atoms with van der Waals surface area (Å²) in [5.74, 6) is -0.299. The van der Waals surface area contributed by atoms with Crippen LogP contribution in [-0.2, 0) is 9.53 Å². The first-order valence-electron chi connectivity index (χ1n) is 6.70. The first-order valence-corrected chi connectivity index (χ1v) is 6.70. The van der Waals surface area contributed by atoms with Gasteiger partial charge in [0, 0.05) is 18.3 Å². The standard InChI is InChI=1S/C14H15N3O4/c1-2-21-14(18)13-4-3-7-16(13)11-5-6-12(17(19)20)10(8-11)9-15/h5-6,8,13H,2-4,7H2,1H3. The molecule has 1 fully saturated rings. The van der Waals surface area contributed by atoms with Crippen LogP contribution in [0.2, 0.25) is 0 Å². The Bertz CT molecular complexity index is 609. The third-order valence-electron chi connectivity index (χ3n) is 3.44. The molecule has 110 valence electrons. The molecule has 2 rings (SSSR count). The van der Waals surface area contributed by atoms with Crippen molar-refractivity contribution in [3.05, 3.63) is 33.9 Å². The lowest BCUT2D eigenvalue weighted by atomic mass is 10.1. The Morgan fingerprint density at radius 3 is 3.00 bits per heavy atom. The molecule has 0 amide bonds. The molecule has 7 nitrogen and oxygen atoms in total. The third-order valence-corrected chi connectivity index (χ3v) is 3.44. The van der Waals surface area contributed by atoms with Gasteiger partial charge in [-0.05, 0) is 31.9 Å². The molecule has 0 spiro atoms. The summed E-state index contributed by atoms with van der Waals surface area (Å²) in [4.78, 5) is 24.0. The van der Waals surface area contributed by atoms with Crippen LogP contribution in [-0.4, -0.2) is 30.1 Å². The van der Waals surface area contributed by atoms with Gasteiger partial charge in [-0.3, -0.25) is 10.1 Å². The number of hydrogen-bond acceptors (Lipinski definition) is 6. The molecule has 1 aromatic rings. The van der Waals surface area contributed by atoms with E-state index in [0.29, 0.717) is 25.3 Å². The van der Waals surface area contributed by atoms with E-state index in [1.807, 2.05) is 11.0 Å². The SMILES string of the molecule is CCOC(=O)C1CCCN1c1ccc([N+](=O)[O-])c(C#N)c1. The fourth-order valence-electron chi connectivity index (χ4n) is 2.51. The molecule has 0 N–H and O–H groups in total. The van der Waals surface area contributed by atoms with Crippen LogP contribution >= 0.6 is 0 Å². The van der Waals surface area contributed by atoms with Crippen molar-refractivity contribution in [2.75, 3.05) is 18.1 Å². The smallest absolute Gasteiger partial charge is 0.328 e. The third kappa shape index (κ3) is 2.94. The molecule has 0 radical (unpaired) electrons. The molecular weight excluding hydrogens is 274 g/mol. The van der Waals surface area contributed by atoms with Crippen molar-refractivity contribution < 1.29 is 14.5 Å². The average molecular weight is 289 g/mol. The molecule has 0 saturated carbocycles. The second kappa shape index (κ2) is 6.22. The lowest BCUT2D eigenvalue weighted by Gasteiger charge is -2.25. The Labute approximate surface area is 121 Å². The Kier molecular flexibility index (Phi) is 4.38. The largest absolute Gasteiger partial charge is 0.464 e. The summed E-state index contributed by atoms with van der Waals surface area (Å²) < 4.78 is 5.04. The van der Waals surface area contributed by atoms with Gasteiger partial charge in [-0.25, -0.2) is 4.79 Å². The van der Waals surface area contributed by atoms with E-state index in [1.165, 1.54) is 12.1 Å². The number of carbonyl (C=O) groups is 1. The fraction of sp³-hybridized carbons (Fsp3) is 0.429. The zero-order valence-electron chi connectivity index (χ0n) is 11.6. The molecule has 1 aliphatic heterocycles. The Morgan fingerprint density at radius 1 is 1.62 bits per heavy atom. The van der Waals surface area contributed by atoms with Gasteiger partial charge in [-0.1, -0.05) is 0 Å². The molecule has 7 heteroatoms. The number of nitro groups is 1. The van der Waals surface area contributed by atoms with E-state index in [1.54, 1.807) is 13.0 Å². The minimum atomic E-state index is -0.588. The number of carbonyl (C=O) groups excluding carboxylic acids is 1. The number of esters is 1. The summed E-state index contributed by atoms with van der Waals surface area (Å²) in [7, 11) is 0. The second-order valence-corrected chi connectivity index (χ2v) is 4.67. The van der Waals surface area contributed by atoms with E-state index in [2.05, 4.69) is 0 Å². The molecule has 1 aromatic carbocycles. The molecule has 1 saturated heterocycles. The number of rotatable bonds is 4. The Hall–Kier alpha value is -2.62. The summed E-state index contributed by atoms with van der Waals surface area (Å²) in [5, 5.41) is 19.9. The van der Waals surface area contributed by atoms with Crippen molar-refractivity contribution in [1.82, 2.24) is 0 Å². The molecule has 0 aliphatic carbocycles. The molecule has 21 heavy (non-hydrogen) atoms. The van der Waals surface area contributed by atoms with Crippen LogP contribution in [0.5, 0.6) is 0 Å². The van der Waals surface area contributed by atoms with E-state index >= 15 is 0 Å². The topological polar surface area (TPSA) is 96.5 Å². The van der Waals surface area contributed by atoms with Crippen molar-refractivity contribution in [3.8, 4) is 6.07 Å². The number of benzene rings is 1. The van der Waals surface area contributed by atoms with E-state index in [-0.39, 0.29) is 17.2 Å². The number of anilines is 1. The van der Waals surface area contributed by atoms with E-state index in [9.17, 15) is 14.9 Å². The van der Waals surface area contributed by atoms with Gasteiger partial charge < -0.3 is 9.64 Å². The maximum atomic E-state index is 11.9. The first-order chi connectivity index (χ1) is 10.1. The van der Waals surface area contributed by atoms with Gasteiger partial charge in [0.2, 0.25) is 0 Å². The maximum Gasteiger partial charge on any atom is 0.328 e. The minimum Gasteiger partial charge on any atom is -0.464 e. The van der Waals surface area contributed by atoms with E-state index in [4.69, 9.17) is 10.00 Å². The summed E-state index contributed by atoms with van der Waals surface area (Å²) in [6.07, 6.45) is 1.51. The summed E-state index contributed by atoms with van der Waals surface area (Å²) in [5.41, 5.74) is 0.396. The molecular formula is C14H15N3O4. The number of nitrogens with zero attached hydrogens (tertiary/aromatic N) is 3. The Morgan fingerprint density at radius 2 is 2.38 bits per heavy atom. The fourth-order valence-corrected chi connectivity index (χ4v) is 2.51. The van der Waals surface area contributed by atoms with Crippen LogP contribution < -0.4 is 4.90 Å². The van der Waals surface area contributed by atoms with Gasteiger partial charge in [0.1, 0.15) is 17.7 Å². The van der Waals surface area contributed by atoms with Gasteiger partial charge in [-0.2, -0.15) is 5.26 Å². The number of hydrogen-bond donors (Lipinski definition) is 0. The van der Waals surface area contributed by atoms with Gasteiger partial charge >= 0.3 is 5.97 Å². The van der Waals surface area contributed by atoms with Crippen LogP contribution in [0, 0.1) is 21.4 Å². The van der Waals surface area contributed by atoms with Crippen molar-refractivity contribution in [1.29, 1.82) is 5.26 Å². The lowest BCUT2D eigenvalue weighted by molar-refractivity contribution is -0.385. The minimum absolute atomic E-state index is 0.00740. The van der Waals surface area contributed by atoms with Crippen LogP contribution in [0.3, 0.4) is 0 Å². The summed E-state index contributed by atoms with van der Waals surface area (Å²) >= 11 is 0. The molecule has 1 aliphatic rings. The van der Waals surface area contributed by atoms with E-state index < -0.39 is 11.0 Å². The monoisotopic (exact) mass is 289 g/mol. The van der Waals surface area contributed by atoms with Crippen LogP contribution in [0.15, 0.2) is 18.2 Å². The van der Waals surface area contributed by atoms with Crippen LogP contribution in [0.25, 0.3) is 0 Å². The summed E-state index contributed by atoms with van der Waals surface area (Å²) in [6.45, 7) is 2.72. The highest BCUT2D eigenvalue weighted by atomic mass is 16.6. The first kappa shape index (κ1) is 14.8. The van der Waals surface area contributed by atoms with Gasteiger partial charge in [0.25, 0.3) is 5.69 Å². The lowest BCUT2D eigenvalue weighted by Crippen LogP contribution is -2.37. The van der Waals surface area contributed by atoms with Gasteiger partial charge in [-0.15, -0.1) is 0 Å². The molecule has 0 bridgehead atoms. The van der Waals surface area contributed by atoms with Crippen LogP contribution in [0.4, 0.5) is 11.4 Å². The highest BCUT2D eigenvalue weighted by molar-refractivity contribution is 5.81. The highest BCUT2D eigenvalue weighted by Crippen LogP contribution is 2.30. The van der Waals surface area contributed by atoms with Crippen LogP contribution in [0.1, 0.15) is 25.3 Å². The number of nitriles is 1. The van der Waals surface area contributed by atoms with Crippen molar-refractivity contribution in [2.24, 2.45) is 0 Å². The molecule has 0 aromatic heterocycles. The quantitative estimate of drug-likeness (QED) is 0.478. The molecule has 1 atom stereocenters. The molecule has 1 unspecified atom stereocenters. The zero-order valence-corrected chi connectivity index (χ0v) is 11.6. The Balaban J connectivity index is 2.31. The van der Waals surface area contributed by atoms with Crippen molar-refractivity contribution >= 4 is 17.3 Å². The van der Waals surface area contributed by atoms with Crippen molar-refractivity contribution in [2.45, 2.75) is 25.8 Å². The predicted octanol–water partition coefficient (Wildman–Crippen LogP) is 2.00. The number of nitro benzene ring substituents is 1. The van der Waals surface area contributed by atoms with E-state index in [0.717, 1.165) is 6.42 Å².